The molecular weight excluding hydrogens is 372 g/mol. The van der Waals surface area contributed by atoms with Gasteiger partial charge in [-0.15, -0.1) is 0 Å². The third-order valence-corrected chi connectivity index (χ3v) is 8.42. The van der Waals surface area contributed by atoms with E-state index in [0.717, 1.165) is 0 Å². The van der Waals surface area contributed by atoms with Crippen LogP contribution in [-0.4, -0.2) is 57.6 Å². The molecular formula is C10H16N2O6S4. The number of hydrogen-bond donors (Lipinski definition) is 4. The average Bonchev–Trinajstić information content (AvgIpc) is 2.38. The largest absolute Gasteiger partial charge is 0.480 e. The maximum Gasteiger partial charge on any atom is 0.327 e. The Morgan fingerprint density at radius 3 is 1.36 bits per heavy atom. The highest BCUT2D eigenvalue weighted by Crippen LogP contribution is 2.43. The molecule has 22 heavy (non-hydrogen) atoms. The van der Waals surface area contributed by atoms with Crippen LogP contribution in [0.25, 0.3) is 0 Å². The molecule has 0 rings (SSSR count). The molecule has 2 atom stereocenters. The van der Waals surface area contributed by atoms with Crippen molar-refractivity contribution < 1.29 is 29.4 Å². The highest BCUT2D eigenvalue weighted by atomic mass is 33.7. The minimum Gasteiger partial charge on any atom is -0.480 e. The summed E-state index contributed by atoms with van der Waals surface area (Å²) in [5, 5.41) is 22.4. The molecule has 0 aliphatic heterocycles. The zero-order chi connectivity index (χ0) is 17.1. The number of amides is 2. The van der Waals surface area contributed by atoms with Gasteiger partial charge in [-0.25, -0.2) is 9.59 Å². The molecule has 0 radical (unpaired) electrons. The molecule has 0 aromatic rings. The molecule has 4 N–H and O–H groups in total. The van der Waals surface area contributed by atoms with E-state index in [1.165, 1.54) is 55.1 Å². The van der Waals surface area contributed by atoms with Crippen molar-refractivity contribution in [2.45, 2.75) is 25.9 Å². The van der Waals surface area contributed by atoms with Gasteiger partial charge in [0, 0.05) is 25.4 Å². The van der Waals surface area contributed by atoms with Crippen molar-refractivity contribution in [2.24, 2.45) is 0 Å². The first kappa shape index (κ1) is 21.3. The molecule has 0 saturated carbocycles. The van der Waals surface area contributed by atoms with E-state index in [1.807, 2.05) is 0 Å². The van der Waals surface area contributed by atoms with Crippen LogP contribution in [0.2, 0.25) is 0 Å². The van der Waals surface area contributed by atoms with Crippen molar-refractivity contribution in [3.63, 3.8) is 0 Å². The summed E-state index contributed by atoms with van der Waals surface area (Å²) in [5.41, 5.74) is 0. The number of hydrogen-bond acceptors (Lipinski definition) is 8. The average molecular weight is 389 g/mol. The highest BCUT2D eigenvalue weighted by molar-refractivity contribution is 9.26. The van der Waals surface area contributed by atoms with Crippen LogP contribution < -0.4 is 10.6 Å². The Morgan fingerprint density at radius 1 is 0.818 bits per heavy atom. The van der Waals surface area contributed by atoms with Crippen LogP contribution in [0.3, 0.4) is 0 Å². The third-order valence-electron chi connectivity index (χ3n) is 1.94. The Hall–Kier alpha value is -0.720. The second-order valence-corrected chi connectivity index (χ2v) is 9.98. The molecule has 2 amide bonds. The lowest BCUT2D eigenvalue weighted by atomic mass is 10.3. The Labute approximate surface area is 142 Å². The quantitative estimate of drug-likeness (QED) is 0.298. The van der Waals surface area contributed by atoms with Gasteiger partial charge in [-0.2, -0.15) is 0 Å². The Bertz CT molecular complexity index is 384. The van der Waals surface area contributed by atoms with Gasteiger partial charge in [-0.3, -0.25) is 9.59 Å². The minimum absolute atomic E-state index is 0.182. The number of aliphatic carboxylic acids is 2. The van der Waals surface area contributed by atoms with E-state index in [2.05, 4.69) is 10.6 Å². The van der Waals surface area contributed by atoms with E-state index >= 15 is 0 Å². The van der Waals surface area contributed by atoms with Crippen LogP contribution >= 0.6 is 41.2 Å². The number of carboxylic acids is 2. The Kier molecular flexibility index (Phi) is 11.4. The summed E-state index contributed by atoms with van der Waals surface area (Å²) in [6.07, 6.45) is 0. The van der Waals surface area contributed by atoms with Gasteiger partial charge in [0.1, 0.15) is 12.1 Å². The predicted molar refractivity (Wildman–Crippen MR) is 90.6 cm³/mol. The fourth-order valence-electron chi connectivity index (χ4n) is 1.07. The number of rotatable bonds is 11. The summed E-state index contributed by atoms with van der Waals surface area (Å²) in [4.78, 5) is 43.4. The molecule has 0 aliphatic carbocycles. The van der Waals surface area contributed by atoms with E-state index in [4.69, 9.17) is 10.2 Å². The van der Waals surface area contributed by atoms with Gasteiger partial charge >= 0.3 is 11.9 Å². The van der Waals surface area contributed by atoms with Crippen molar-refractivity contribution in [2.75, 3.05) is 11.5 Å². The number of carboxylic acid groups (broad SMARTS) is 2. The molecule has 12 heteroatoms. The van der Waals surface area contributed by atoms with Crippen LogP contribution in [-0.2, 0) is 19.2 Å². The Balaban J connectivity index is 3.91. The minimum atomic E-state index is -1.11. The standard InChI is InChI=1S/C10H16N2O6S4/c1-5(13)11-7(9(15)16)3-19-21-22-20-4-8(10(17)18)12-6(2)14/h7-8H,3-4H2,1-2H3,(H,11,13)(H,12,14)(H,15,16)(H,17,18)/t7-,8-/m0/s1. The SMILES string of the molecule is CC(=O)N[C@@H](CSSSSC[C@H](NC(C)=O)C(=O)O)C(=O)O. The highest BCUT2D eigenvalue weighted by Gasteiger charge is 2.20. The van der Waals surface area contributed by atoms with Gasteiger partial charge in [0.2, 0.25) is 11.8 Å². The van der Waals surface area contributed by atoms with Gasteiger partial charge in [-0.05, 0) is 19.7 Å². The predicted octanol–water partition coefficient (Wildman–Crippen LogP) is 0.843. The third kappa shape index (κ3) is 10.9. The molecule has 8 nitrogen and oxygen atoms in total. The maximum atomic E-state index is 10.9. The molecule has 0 spiro atoms. The van der Waals surface area contributed by atoms with Crippen molar-refractivity contribution in [1.82, 2.24) is 10.6 Å². The Morgan fingerprint density at radius 2 is 1.14 bits per heavy atom. The first-order valence-electron chi connectivity index (χ1n) is 5.81. The first-order valence-corrected chi connectivity index (χ1v) is 11.0. The maximum absolute atomic E-state index is 10.9. The number of carbonyl (C=O) groups excluding carboxylic acids is 2. The number of nitrogens with one attached hydrogen (secondary N) is 2. The van der Waals surface area contributed by atoms with Crippen LogP contribution in [0, 0.1) is 0 Å². The summed E-state index contributed by atoms with van der Waals surface area (Å²) in [6, 6.07) is -1.93. The van der Waals surface area contributed by atoms with E-state index in [0.29, 0.717) is 0 Å². The summed E-state index contributed by atoms with van der Waals surface area (Å²) < 4.78 is 0. The molecule has 0 aliphatic rings. The van der Waals surface area contributed by atoms with Gasteiger partial charge < -0.3 is 20.8 Å². The van der Waals surface area contributed by atoms with Crippen molar-refractivity contribution in [3.05, 3.63) is 0 Å². The van der Waals surface area contributed by atoms with Gasteiger partial charge in [0.15, 0.2) is 0 Å². The van der Waals surface area contributed by atoms with Crippen molar-refractivity contribution in [3.8, 4) is 0 Å². The summed E-state index contributed by atoms with van der Waals surface area (Å²) in [5.74, 6) is -2.70. The van der Waals surface area contributed by atoms with Crippen molar-refractivity contribution in [1.29, 1.82) is 0 Å². The fourth-order valence-corrected chi connectivity index (χ4v) is 7.20. The molecule has 0 unspecified atom stereocenters. The normalized spacial score (nSPS) is 13.0. The summed E-state index contributed by atoms with van der Waals surface area (Å²) in [6.45, 7) is 2.48. The zero-order valence-electron chi connectivity index (χ0n) is 11.7. The van der Waals surface area contributed by atoms with Crippen LogP contribution in [0.15, 0.2) is 0 Å². The molecule has 0 aromatic carbocycles. The van der Waals surface area contributed by atoms with Crippen LogP contribution in [0.1, 0.15) is 13.8 Å². The monoisotopic (exact) mass is 388 g/mol. The van der Waals surface area contributed by atoms with Gasteiger partial charge in [0.25, 0.3) is 0 Å². The van der Waals surface area contributed by atoms with Crippen LogP contribution in [0.4, 0.5) is 0 Å². The summed E-state index contributed by atoms with van der Waals surface area (Å²) >= 11 is 0. The van der Waals surface area contributed by atoms with E-state index in [-0.39, 0.29) is 11.5 Å². The molecule has 0 fully saturated rings. The molecule has 0 aromatic heterocycles. The molecule has 0 bridgehead atoms. The molecule has 0 heterocycles. The second-order valence-electron chi connectivity index (χ2n) is 3.89. The van der Waals surface area contributed by atoms with E-state index in [1.54, 1.807) is 0 Å². The number of carbonyl (C=O) groups is 4. The zero-order valence-corrected chi connectivity index (χ0v) is 15.0. The van der Waals surface area contributed by atoms with Gasteiger partial charge in [0.05, 0.1) is 0 Å². The lowest BCUT2D eigenvalue weighted by molar-refractivity contribution is -0.141. The van der Waals surface area contributed by atoms with E-state index < -0.39 is 35.8 Å². The smallest absolute Gasteiger partial charge is 0.327 e. The van der Waals surface area contributed by atoms with Crippen LogP contribution in [0.5, 0.6) is 0 Å². The summed E-state index contributed by atoms with van der Waals surface area (Å²) in [7, 11) is 5.02. The lowest BCUT2D eigenvalue weighted by Gasteiger charge is -2.13. The van der Waals surface area contributed by atoms with Crippen molar-refractivity contribution >= 4 is 65.0 Å². The first-order chi connectivity index (χ1) is 10.2. The fraction of sp³-hybridized carbons (Fsp3) is 0.600. The topological polar surface area (TPSA) is 133 Å². The lowest BCUT2D eigenvalue weighted by Crippen LogP contribution is -2.41. The molecule has 0 saturated heterocycles. The van der Waals surface area contributed by atoms with Gasteiger partial charge in [-0.1, -0.05) is 21.6 Å². The second kappa shape index (κ2) is 11.8. The van der Waals surface area contributed by atoms with E-state index in [9.17, 15) is 19.2 Å². The molecule has 126 valence electrons.